The van der Waals surface area contributed by atoms with Crippen LogP contribution in [0.15, 0.2) is 53.4 Å². The Hall–Kier alpha value is -2.12. The summed E-state index contributed by atoms with van der Waals surface area (Å²) in [4.78, 5) is 2.29. The van der Waals surface area contributed by atoms with E-state index >= 15 is 0 Å². The van der Waals surface area contributed by atoms with Gasteiger partial charge in [-0.25, -0.2) is 17.9 Å². The summed E-state index contributed by atoms with van der Waals surface area (Å²) in [6.45, 7) is 1.61. The topological polar surface area (TPSA) is 72.6 Å². The molecule has 0 spiro atoms. The highest BCUT2D eigenvalue weighted by molar-refractivity contribution is 7.89. The first-order valence-electron chi connectivity index (χ1n) is 7.72. The molecular weight excluding hydrogens is 331 g/mol. The average molecular weight is 350 g/mol. The molecule has 1 aliphatic heterocycles. The summed E-state index contributed by atoms with van der Waals surface area (Å²) in [5.41, 5.74) is 0.961. The van der Waals surface area contributed by atoms with Gasteiger partial charge in [-0.3, -0.25) is 0 Å². The highest BCUT2D eigenvalue weighted by Crippen LogP contribution is 2.24. The first-order valence-corrected chi connectivity index (χ1v) is 9.26. The lowest BCUT2D eigenvalue weighted by Gasteiger charge is -2.33. The minimum Gasteiger partial charge on any atom is -0.490 e. The molecule has 2 aromatic carbocycles. The van der Waals surface area contributed by atoms with Gasteiger partial charge in [-0.05, 0) is 48.5 Å². The molecule has 0 radical (unpaired) electrons. The van der Waals surface area contributed by atoms with Crippen molar-refractivity contribution in [1.82, 2.24) is 0 Å². The molecule has 0 saturated carbocycles. The Morgan fingerprint density at radius 2 is 1.58 bits per heavy atom. The highest BCUT2D eigenvalue weighted by atomic mass is 32.2. The molecule has 7 heteroatoms. The molecule has 128 valence electrons. The van der Waals surface area contributed by atoms with Gasteiger partial charge in [0.2, 0.25) is 10.0 Å². The van der Waals surface area contributed by atoms with Crippen LogP contribution in [-0.4, -0.2) is 27.6 Å². The van der Waals surface area contributed by atoms with Crippen LogP contribution in [0, 0.1) is 5.82 Å². The Morgan fingerprint density at radius 3 is 2.12 bits per heavy atom. The van der Waals surface area contributed by atoms with Crippen molar-refractivity contribution in [3.8, 4) is 5.75 Å². The number of benzene rings is 2. The third kappa shape index (κ3) is 4.04. The van der Waals surface area contributed by atoms with Crippen LogP contribution in [-0.2, 0) is 10.0 Å². The number of rotatable bonds is 4. The van der Waals surface area contributed by atoms with Gasteiger partial charge < -0.3 is 9.64 Å². The third-order valence-corrected chi connectivity index (χ3v) is 5.02. The predicted octanol–water partition coefficient (Wildman–Crippen LogP) is 2.52. The second-order valence-corrected chi connectivity index (χ2v) is 7.36. The summed E-state index contributed by atoms with van der Waals surface area (Å²) < 4.78 is 41.3. The Morgan fingerprint density at radius 1 is 1.00 bits per heavy atom. The van der Waals surface area contributed by atoms with Crippen molar-refractivity contribution >= 4 is 15.7 Å². The van der Waals surface area contributed by atoms with Crippen molar-refractivity contribution in [1.29, 1.82) is 0 Å². The van der Waals surface area contributed by atoms with E-state index < -0.39 is 10.0 Å². The first-order chi connectivity index (χ1) is 11.4. The van der Waals surface area contributed by atoms with E-state index in [9.17, 15) is 12.8 Å². The SMILES string of the molecule is NS(=O)(=O)c1ccc(N2CCC(Oc3ccc(F)cc3)CC2)cc1. The van der Waals surface area contributed by atoms with Crippen molar-refractivity contribution in [3.05, 3.63) is 54.3 Å². The number of nitrogens with two attached hydrogens (primary N) is 1. The largest absolute Gasteiger partial charge is 0.490 e. The van der Waals surface area contributed by atoms with Gasteiger partial charge in [0.1, 0.15) is 17.7 Å². The quantitative estimate of drug-likeness (QED) is 0.920. The van der Waals surface area contributed by atoms with E-state index in [1.54, 1.807) is 24.3 Å². The van der Waals surface area contributed by atoms with E-state index in [4.69, 9.17) is 9.88 Å². The van der Waals surface area contributed by atoms with Crippen LogP contribution in [0.5, 0.6) is 5.75 Å². The summed E-state index contributed by atoms with van der Waals surface area (Å²) in [7, 11) is -3.66. The third-order valence-electron chi connectivity index (χ3n) is 4.09. The minimum absolute atomic E-state index is 0.0930. The molecule has 1 saturated heterocycles. The van der Waals surface area contributed by atoms with E-state index in [-0.39, 0.29) is 16.8 Å². The Labute approximate surface area is 140 Å². The molecule has 1 heterocycles. The van der Waals surface area contributed by atoms with Gasteiger partial charge in [0, 0.05) is 31.6 Å². The van der Waals surface area contributed by atoms with Crippen molar-refractivity contribution in [2.45, 2.75) is 23.8 Å². The number of nitrogens with zero attached hydrogens (tertiary/aromatic N) is 1. The number of anilines is 1. The number of piperidine rings is 1. The van der Waals surface area contributed by atoms with Crippen LogP contribution < -0.4 is 14.8 Å². The van der Waals surface area contributed by atoms with Gasteiger partial charge in [-0.2, -0.15) is 0 Å². The zero-order valence-electron chi connectivity index (χ0n) is 13.1. The van der Waals surface area contributed by atoms with E-state index in [1.165, 1.54) is 24.3 Å². The van der Waals surface area contributed by atoms with E-state index in [0.717, 1.165) is 31.6 Å². The monoisotopic (exact) mass is 350 g/mol. The lowest BCUT2D eigenvalue weighted by Crippen LogP contribution is -2.38. The fraction of sp³-hybridized carbons (Fsp3) is 0.294. The van der Waals surface area contributed by atoms with Crippen molar-refractivity contribution in [2.75, 3.05) is 18.0 Å². The van der Waals surface area contributed by atoms with Crippen molar-refractivity contribution in [2.24, 2.45) is 5.14 Å². The van der Waals surface area contributed by atoms with Gasteiger partial charge in [0.25, 0.3) is 0 Å². The molecule has 0 atom stereocenters. The number of hydrogen-bond acceptors (Lipinski definition) is 4. The molecule has 0 amide bonds. The van der Waals surface area contributed by atoms with Crippen LogP contribution >= 0.6 is 0 Å². The normalized spacial score (nSPS) is 16.2. The summed E-state index contributed by atoms with van der Waals surface area (Å²) in [5.74, 6) is 0.396. The molecule has 3 rings (SSSR count). The molecular formula is C17H19FN2O3S. The van der Waals surface area contributed by atoms with Crippen LogP contribution in [0.3, 0.4) is 0 Å². The second kappa shape index (κ2) is 6.78. The molecule has 2 aromatic rings. The number of ether oxygens (including phenoxy) is 1. The number of primary sulfonamides is 1. The molecule has 1 aliphatic rings. The summed E-state index contributed by atoms with van der Waals surface area (Å²) in [6, 6.07) is 12.6. The van der Waals surface area contributed by atoms with Gasteiger partial charge in [0.05, 0.1) is 4.90 Å². The lowest BCUT2D eigenvalue weighted by atomic mass is 10.1. The van der Waals surface area contributed by atoms with Gasteiger partial charge in [-0.1, -0.05) is 0 Å². The zero-order valence-corrected chi connectivity index (χ0v) is 13.9. The molecule has 24 heavy (non-hydrogen) atoms. The summed E-state index contributed by atoms with van der Waals surface area (Å²) >= 11 is 0. The maximum atomic E-state index is 12.9. The van der Waals surface area contributed by atoms with Crippen LogP contribution in [0.25, 0.3) is 0 Å². The minimum atomic E-state index is -3.66. The van der Waals surface area contributed by atoms with Gasteiger partial charge in [0.15, 0.2) is 0 Å². The lowest BCUT2D eigenvalue weighted by molar-refractivity contribution is 0.171. The van der Waals surface area contributed by atoms with Crippen LogP contribution in [0.4, 0.5) is 10.1 Å². The Balaban J connectivity index is 1.57. The zero-order chi connectivity index (χ0) is 17.2. The summed E-state index contributed by atoms with van der Waals surface area (Å²) in [6.07, 6.45) is 1.78. The number of hydrogen-bond donors (Lipinski definition) is 1. The maximum Gasteiger partial charge on any atom is 0.238 e. The van der Waals surface area contributed by atoms with Crippen LogP contribution in [0.2, 0.25) is 0 Å². The first kappa shape index (κ1) is 16.7. The average Bonchev–Trinajstić information content (AvgIpc) is 2.57. The fourth-order valence-electron chi connectivity index (χ4n) is 2.78. The van der Waals surface area contributed by atoms with E-state index in [0.29, 0.717) is 5.75 Å². The number of sulfonamides is 1. The molecule has 0 bridgehead atoms. The van der Waals surface area contributed by atoms with Crippen LogP contribution in [0.1, 0.15) is 12.8 Å². The Kier molecular flexibility index (Phi) is 4.73. The molecule has 0 aliphatic carbocycles. The van der Waals surface area contributed by atoms with Gasteiger partial charge >= 0.3 is 0 Å². The molecule has 0 aromatic heterocycles. The smallest absolute Gasteiger partial charge is 0.238 e. The van der Waals surface area contributed by atoms with E-state index in [1.807, 2.05) is 0 Å². The van der Waals surface area contributed by atoms with Crippen molar-refractivity contribution < 1.29 is 17.5 Å². The molecule has 5 nitrogen and oxygen atoms in total. The maximum absolute atomic E-state index is 12.9. The summed E-state index contributed by atoms with van der Waals surface area (Å²) in [5, 5.41) is 5.10. The predicted molar refractivity (Wildman–Crippen MR) is 90.1 cm³/mol. The molecule has 2 N–H and O–H groups in total. The number of halogens is 1. The second-order valence-electron chi connectivity index (χ2n) is 5.80. The molecule has 1 fully saturated rings. The van der Waals surface area contributed by atoms with Gasteiger partial charge in [-0.15, -0.1) is 0 Å². The Bertz CT molecular complexity index is 784. The highest BCUT2D eigenvalue weighted by Gasteiger charge is 2.21. The fourth-order valence-corrected chi connectivity index (χ4v) is 3.30. The molecule has 0 unspecified atom stereocenters. The van der Waals surface area contributed by atoms with E-state index in [2.05, 4.69) is 4.90 Å². The standard InChI is InChI=1S/C17H19FN2O3S/c18-13-1-5-15(6-2-13)23-16-9-11-20(12-10-16)14-3-7-17(8-4-14)24(19,21)22/h1-8,16H,9-12H2,(H2,19,21,22). The van der Waals surface area contributed by atoms with Crippen molar-refractivity contribution in [3.63, 3.8) is 0 Å².